The average molecular weight is 296 g/mol. The fraction of sp³-hybridized carbons (Fsp3) is 0.500. The second-order valence-corrected chi connectivity index (χ2v) is 7.20. The number of carbonyl (C=O) groups is 1. The molecule has 1 aliphatic rings. The molecule has 1 unspecified atom stereocenters. The molecular formula is C14H20N2O3S. The highest BCUT2D eigenvalue weighted by molar-refractivity contribution is 7.88. The topological polar surface area (TPSA) is 66.5 Å². The van der Waals surface area contributed by atoms with Crippen LogP contribution in [0, 0.1) is 13.8 Å². The van der Waals surface area contributed by atoms with Crippen LogP contribution in [-0.2, 0) is 14.8 Å². The van der Waals surface area contributed by atoms with E-state index in [4.69, 9.17) is 0 Å². The Morgan fingerprint density at radius 1 is 1.35 bits per heavy atom. The van der Waals surface area contributed by atoms with Crippen molar-refractivity contribution in [2.75, 3.05) is 18.1 Å². The Balaban J connectivity index is 2.18. The first-order valence-electron chi connectivity index (χ1n) is 6.64. The van der Waals surface area contributed by atoms with Crippen molar-refractivity contribution in [3.63, 3.8) is 0 Å². The van der Waals surface area contributed by atoms with Gasteiger partial charge in [0, 0.05) is 12.2 Å². The number of nitrogens with zero attached hydrogens (tertiary/aromatic N) is 1. The molecule has 0 bridgehead atoms. The number of hydrogen-bond acceptors (Lipinski definition) is 3. The molecule has 20 heavy (non-hydrogen) atoms. The standard InChI is InChI=1S/C14H20N2O3S/c1-10-6-4-7-12(11(10)2)15-14(17)13-8-5-9-16(13)20(3,18)19/h4,6-7,13H,5,8-9H2,1-3H3,(H,15,17). The Hall–Kier alpha value is -1.40. The Morgan fingerprint density at radius 3 is 2.70 bits per heavy atom. The van der Waals surface area contributed by atoms with Crippen LogP contribution in [0.5, 0.6) is 0 Å². The lowest BCUT2D eigenvalue weighted by Gasteiger charge is -2.22. The van der Waals surface area contributed by atoms with Crippen molar-refractivity contribution < 1.29 is 13.2 Å². The SMILES string of the molecule is Cc1cccc(NC(=O)C2CCCN2S(C)(=O)=O)c1C. The molecule has 0 aromatic heterocycles. The lowest BCUT2D eigenvalue weighted by Crippen LogP contribution is -2.42. The normalized spacial score (nSPS) is 20.1. The second kappa shape index (κ2) is 5.54. The van der Waals surface area contributed by atoms with Crippen LogP contribution >= 0.6 is 0 Å². The van der Waals surface area contributed by atoms with Crippen LogP contribution < -0.4 is 5.32 Å². The van der Waals surface area contributed by atoms with Gasteiger partial charge in [-0.2, -0.15) is 4.31 Å². The molecule has 1 aromatic carbocycles. The van der Waals surface area contributed by atoms with E-state index in [1.54, 1.807) is 0 Å². The summed E-state index contributed by atoms with van der Waals surface area (Å²) in [4.78, 5) is 12.3. The molecule has 6 heteroatoms. The summed E-state index contributed by atoms with van der Waals surface area (Å²) < 4.78 is 24.6. The highest BCUT2D eigenvalue weighted by Gasteiger charge is 2.36. The van der Waals surface area contributed by atoms with Gasteiger partial charge in [-0.1, -0.05) is 12.1 Å². The quantitative estimate of drug-likeness (QED) is 0.922. The minimum Gasteiger partial charge on any atom is -0.324 e. The zero-order chi connectivity index (χ0) is 14.9. The summed E-state index contributed by atoms with van der Waals surface area (Å²) in [5, 5.41) is 2.85. The molecule has 1 N–H and O–H groups in total. The number of sulfonamides is 1. The van der Waals surface area contributed by atoms with Gasteiger partial charge in [0.1, 0.15) is 6.04 Å². The van der Waals surface area contributed by atoms with Crippen molar-refractivity contribution in [3.05, 3.63) is 29.3 Å². The van der Waals surface area contributed by atoms with Gasteiger partial charge in [0.2, 0.25) is 15.9 Å². The fourth-order valence-corrected chi connectivity index (χ4v) is 3.63. The first kappa shape index (κ1) is 15.0. The van der Waals surface area contributed by atoms with Crippen LogP contribution in [0.1, 0.15) is 24.0 Å². The van der Waals surface area contributed by atoms with Crippen molar-refractivity contribution in [2.45, 2.75) is 32.7 Å². The third-order valence-corrected chi connectivity index (χ3v) is 5.08. The minimum absolute atomic E-state index is 0.248. The molecule has 1 amide bonds. The third kappa shape index (κ3) is 3.02. The van der Waals surface area contributed by atoms with E-state index < -0.39 is 16.1 Å². The van der Waals surface area contributed by atoms with E-state index >= 15 is 0 Å². The summed E-state index contributed by atoms with van der Waals surface area (Å²) in [6.07, 6.45) is 2.44. The molecule has 0 aliphatic carbocycles. The molecule has 2 rings (SSSR count). The smallest absolute Gasteiger partial charge is 0.242 e. The summed E-state index contributed by atoms with van der Waals surface area (Å²) in [5.74, 6) is -0.248. The number of amides is 1. The molecule has 5 nitrogen and oxygen atoms in total. The van der Waals surface area contributed by atoms with E-state index in [-0.39, 0.29) is 5.91 Å². The first-order chi connectivity index (χ1) is 9.30. The first-order valence-corrected chi connectivity index (χ1v) is 8.49. The van der Waals surface area contributed by atoms with E-state index in [1.807, 2.05) is 32.0 Å². The van der Waals surface area contributed by atoms with Crippen molar-refractivity contribution >= 4 is 21.6 Å². The van der Waals surface area contributed by atoms with E-state index in [2.05, 4.69) is 5.32 Å². The molecule has 1 atom stereocenters. The Labute approximate surface area is 120 Å². The second-order valence-electron chi connectivity index (χ2n) is 5.27. The van der Waals surface area contributed by atoms with Crippen LogP contribution in [0.4, 0.5) is 5.69 Å². The van der Waals surface area contributed by atoms with Gasteiger partial charge in [-0.05, 0) is 43.9 Å². The van der Waals surface area contributed by atoms with Crippen molar-refractivity contribution in [1.29, 1.82) is 0 Å². The highest BCUT2D eigenvalue weighted by Crippen LogP contribution is 2.23. The lowest BCUT2D eigenvalue weighted by atomic mass is 10.1. The van der Waals surface area contributed by atoms with Crippen LogP contribution in [0.25, 0.3) is 0 Å². The number of nitrogens with one attached hydrogen (secondary N) is 1. The van der Waals surface area contributed by atoms with Crippen LogP contribution in [0.2, 0.25) is 0 Å². The van der Waals surface area contributed by atoms with Gasteiger partial charge in [0.05, 0.1) is 6.26 Å². The van der Waals surface area contributed by atoms with Crippen molar-refractivity contribution in [3.8, 4) is 0 Å². The van der Waals surface area contributed by atoms with Crippen molar-refractivity contribution in [1.82, 2.24) is 4.31 Å². The molecule has 1 fully saturated rings. The van der Waals surface area contributed by atoms with Gasteiger partial charge in [-0.15, -0.1) is 0 Å². The lowest BCUT2D eigenvalue weighted by molar-refractivity contribution is -0.119. The van der Waals surface area contributed by atoms with E-state index in [0.29, 0.717) is 13.0 Å². The van der Waals surface area contributed by atoms with Crippen LogP contribution in [0.15, 0.2) is 18.2 Å². The zero-order valence-electron chi connectivity index (χ0n) is 12.0. The summed E-state index contributed by atoms with van der Waals surface area (Å²) >= 11 is 0. The largest absolute Gasteiger partial charge is 0.324 e. The van der Waals surface area contributed by atoms with Gasteiger partial charge >= 0.3 is 0 Å². The molecular weight excluding hydrogens is 276 g/mol. The predicted molar refractivity (Wildman–Crippen MR) is 79.1 cm³/mol. The molecule has 1 aromatic rings. The average Bonchev–Trinajstić information content (AvgIpc) is 2.84. The minimum atomic E-state index is -3.33. The molecule has 0 radical (unpaired) electrons. The van der Waals surface area contributed by atoms with Crippen molar-refractivity contribution in [2.24, 2.45) is 0 Å². The predicted octanol–water partition coefficient (Wildman–Crippen LogP) is 1.67. The summed E-state index contributed by atoms with van der Waals surface area (Å²) in [6.45, 7) is 4.33. The Bertz CT molecular complexity index is 625. The van der Waals surface area contributed by atoms with Crippen LogP contribution in [0.3, 0.4) is 0 Å². The maximum absolute atomic E-state index is 12.3. The monoisotopic (exact) mass is 296 g/mol. The Morgan fingerprint density at radius 2 is 2.05 bits per heavy atom. The number of rotatable bonds is 3. The van der Waals surface area contributed by atoms with Gasteiger partial charge in [-0.25, -0.2) is 8.42 Å². The summed E-state index contributed by atoms with van der Waals surface area (Å²) in [7, 11) is -3.33. The summed E-state index contributed by atoms with van der Waals surface area (Å²) in [5.41, 5.74) is 2.84. The molecule has 110 valence electrons. The number of anilines is 1. The molecule has 1 saturated heterocycles. The number of hydrogen-bond donors (Lipinski definition) is 1. The van der Waals surface area contributed by atoms with Crippen LogP contribution in [-0.4, -0.2) is 37.5 Å². The fourth-order valence-electron chi connectivity index (χ4n) is 2.50. The van der Waals surface area contributed by atoms with E-state index in [1.165, 1.54) is 4.31 Å². The van der Waals surface area contributed by atoms with Gasteiger partial charge in [0.15, 0.2) is 0 Å². The third-order valence-electron chi connectivity index (χ3n) is 3.79. The molecule has 1 heterocycles. The number of aryl methyl sites for hydroxylation is 1. The van der Waals surface area contributed by atoms with Gasteiger partial charge < -0.3 is 5.32 Å². The zero-order valence-corrected chi connectivity index (χ0v) is 12.8. The Kier molecular flexibility index (Phi) is 4.15. The highest BCUT2D eigenvalue weighted by atomic mass is 32.2. The molecule has 1 aliphatic heterocycles. The maximum atomic E-state index is 12.3. The number of benzene rings is 1. The van der Waals surface area contributed by atoms with E-state index in [0.717, 1.165) is 29.5 Å². The summed E-state index contributed by atoms with van der Waals surface area (Å²) in [6, 6.07) is 5.09. The molecule has 0 saturated carbocycles. The van der Waals surface area contributed by atoms with Gasteiger partial charge in [0.25, 0.3) is 0 Å². The molecule has 0 spiro atoms. The van der Waals surface area contributed by atoms with E-state index in [9.17, 15) is 13.2 Å². The maximum Gasteiger partial charge on any atom is 0.242 e. The van der Waals surface area contributed by atoms with Gasteiger partial charge in [-0.3, -0.25) is 4.79 Å². The number of carbonyl (C=O) groups excluding carboxylic acids is 1.